The first-order chi connectivity index (χ1) is 13.9. The van der Waals surface area contributed by atoms with Crippen molar-refractivity contribution in [3.63, 3.8) is 0 Å². The number of fused-ring (bicyclic) bond motifs is 1. The molecular formula is C20H14ClN3O3S2. The standard InChI is InChI=1S/C20H14ClN3O3S2/c21-16-7-4-8-17-18(16)22-20(28-17)23-19(25)13-9-11-14(12-10-13)24-29(26,27)15-5-2-1-3-6-15/h1-12,24H,(H,22,23,25). The Balaban J connectivity index is 1.48. The number of benzene rings is 3. The predicted octanol–water partition coefficient (Wildman–Crippen LogP) is 5.00. The van der Waals surface area contributed by atoms with Gasteiger partial charge < -0.3 is 0 Å². The summed E-state index contributed by atoms with van der Waals surface area (Å²) in [5.74, 6) is -0.349. The van der Waals surface area contributed by atoms with Crippen LogP contribution < -0.4 is 10.0 Å². The SMILES string of the molecule is O=C(Nc1nc2c(Cl)cccc2s1)c1ccc(NS(=O)(=O)c2ccccc2)cc1. The molecule has 2 N–H and O–H groups in total. The molecule has 0 radical (unpaired) electrons. The molecule has 4 aromatic rings. The second-order valence-electron chi connectivity index (χ2n) is 6.06. The summed E-state index contributed by atoms with van der Waals surface area (Å²) < 4.78 is 28.1. The minimum atomic E-state index is -3.69. The van der Waals surface area contributed by atoms with Crippen LogP contribution >= 0.6 is 22.9 Å². The van der Waals surface area contributed by atoms with Gasteiger partial charge in [0, 0.05) is 11.3 Å². The predicted molar refractivity (Wildman–Crippen MR) is 116 cm³/mol. The van der Waals surface area contributed by atoms with Crippen LogP contribution in [-0.4, -0.2) is 19.3 Å². The smallest absolute Gasteiger partial charge is 0.261 e. The third-order valence-corrected chi connectivity index (χ3v) is 6.68. The maximum atomic E-state index is 12.5. The number of amides is 1. The largest absolute Gasteiger partial charge is 0.298 e. The average Bonchev–Trinajstić information content (AvgIpc) is 3.13. The van der Waals surface area contributed by atoms with Crippen molar-refractivity contribution < 1.29 is 13.2 Å². The Morgan fingerprint density at radius 3 is 2.34 bits per heavy atom. The Kier molecular flexibility index (Phi) is 5.23. The van der Waals surface area contributed by atoms with Crippen molar-refractivity contribution in [1.82, 2.24) is 4.98 Å². The molecular weight excluding hydrogens is 430 g/mol. The summed E-state index contributed by atoms with van der Waals surface area (Å²) in [5, 5.41) is 3.70. The highest BCUT2D eigenvalue weighted by atomic mass is 35.5. The van der Waals surface area contributed by atoms with Gasteiger partial charge in [0.25, 0.3) is 15.9 Å². The zero-order chi connectivity index (χ0) is 20.4. The van der Waals surface area contributed by atoms with Gasteiger partial charge in [-0.1, -0.05) is 47.2 Å². The van der Waals surface area contributed by atoms with E-state index < -0.39 is 10.0 Å². The quantitative estimate of drug-likeness (QED) is 0.454. The lowest BCUT2D eigenvalue weighted by Gasteiger charge is -2.08. The lowest BCUT2D eigenvalue weighted by Crippen LogP contribution is -2.14. The number of hydrogen-bond donors (Lipinski definition) is 2. The Morgan fingerprint density at radius 1 is 0.931 bits per heavy atom. The van der Waals surface area contributed by atoms with Crippen molar-refractivity contribution >= 4 is 59.9 Å². The molecule has 29 heavy (non-hydrogen) atoms. The number of nitrogens with zero attached hydrogens (tertiary/aromatic N) is 1. The summed E-state index contributed by atoms with van der Waals surface area (Å²) in [5.41, 5.74) is 1.37. The number of thiazole rings is 1. The second kappa shape index (κ2) is 7.82. The van der Waals surface area contributed by atoms with Gasteiger partial charge in [-0.15, -0.1) is 0 Å². The molecule has 1 aromatic heterocycles. The number of rotatable bonds is 5. The van der Waals surface area contributed by atoms with Crippen LogP contribution in [0.2, 0.25) is 5.02 Å². The average molecular weight is 444 g/mol. The van der Waals surface area contributed by atoms with Gasteiger partial charge in [0.1, 0.15) is 5.52 Å². The summed E-state index contributed by atoms with van der Waals surface area (Å²) in [6.45, 7) is 0. The number of anilines is 2. The Hall–Kier alpha value is -2.94. The molecule has 0 aliphatic heterocycles. The van der Waals surface area contributed by atoms with E-state index in [-0.39, 0.29) is 10.8 Å². The Bertz CT molecular complexity index is 1290. The second-order valence-corrected chi connectivity index (χ2v) is 9.18. The van der Waals surface area contributed by atoms with Crippen molar-refractivity contribution in [1.29, 1.82) is 0 Å². The van der Waals surface area contributed by atoms with E-state index in [0.29, 0.717) is 26.9 Å². The molecule has 0 unspecified atom stereocenters. The van der Waals surface area contributed by atoms with Gasteiger partial charge in [0.05, 0.1) is 14.6 Å². The van der Waals surface area contributed by atoms with E-state index >= 15 is 0 Å². The molecule has 4 rings (SSSR count). The number of carbonyl (C=O) groups excluding carboxylic acids is 1. The maximum absolute atomic E-state index is 12.5. The number of carbonyl (C=O) groups is 1. The molecule has 6 nitrogen and oxygen atoms in total. The van der Waals surface area contributed by atoms with Crippen LogP contribution in [0.1, 0.15) is 10.4 Å². The molecule has 0 saturated carbocycles. The van der Waals surface area contributed by atoms with E-state index in [1.807, 2.05) is 12.1 Å². The van der Waals surface area contributed by atoms with E-state index in [1.54, 1.807) is 36.4 Å². The highest BCUT2D eigenvalue weighted by Crippen LogP contribution is 2.30. The highest BCUT2D eigenvalue weighted by Gasteiger charge is 2.15. The molecule has 3 aromatic carbocycles. The third-order valence-electron chi connectivity index (χ3n) is 4.04. The summed E-state index contributed by atoms with van der Waals surface area (Å²) in [6, 6.07) is 19.6. The fourth-order valence-corrected chi connectivity index (χ4v) is 4.88. The summed E-state index contributed by atoms with van der Waals surface area (Å²) in [6.07, 6.45) is 0. The Labute approximate surface area is 176 Å². The fourth-order valence-electron chi connectivity index (χ4n) is 2.64. The van der Waals surface area contributed by atoms with Crippen molar-refractivity contribution in [2.75, 3.05) is 10.0 Å². The van der Waals surface area contributed by atoms with Crippen LogP contribution in [0.15, 0.2) is 77.7 Å². The first kappa shape index (κ1) is 19.4. The number of nitrogens with one attached hydrogen (secondary N) is 2. The molecule has 0 atom stereocenters. The van der Waals surface area contributed by atoms with Crippen molar-refractivity contribution in [3.8, 4) is 0 Å². The minimum absolute atomic E-state index is 0.163. The molecule has 0 fully saturated rings. The van der Waals surface area contributed by atoms with Crippen molar-refractivity contribution in [2.45, 2.75) is 4.90 Å². The van der Waals surface area contributed by atoms with Crippen LogP contribution in [0.25, 0.3) is 10.2 Å². The number of halogens is 1. The lowest BCUT2D eigenvalue weighted by atomic mass is 10.2. The number of sulfonamides is 1. The van der Waals surface area contributed by atoms with Crippen LogP contribution in [0.4, 0.5) is 10.8 Å². The van der Waals surface area contributed by atoms with Gasteiger partial charge in [-0.3, -0.25) is 14.8 Å². The van der Waals surface area contributed by atoms with E-state index in [0.717, 1.165) is 4.70 Å². The number of aromatic nitrogens is 1. The molecule has 0 bridgehead atoms. The number of hydrogen-bond acceptors (Lipinski definition) is 5. The summed E-state index contributed by atoms with van der Waals surface area (Å²) >= 11 is 7.44. The first-order valence-corrected chi connectivity index (χ1v) is 11.1. The molecule has 1 amide bonds. The summed E-state index contributed by atoms with van der Waals surface area (Å²) in [4.78, 5) is 17.0. The van der Waals surface area contributed by atoms with Crippen molar-refractivity contribution in [2.24, 2.45) is 0 Å². The molecule has 0 aliphatic carbocycles. The molecule has 146 valence electrons. The topological polar surface area (TPSA) is 88.2 Å². The zero-order valence-electron chi connectivity index (χ0n) is 14.8. The molecule has 0 saturated heterocycles. The highest BCUT2D eigenvalue weighted by molar-refractivity contribution is 7.92. The van der Waals surface area contributed by atoms with E-state index in [1.165, 1.54) is 35.6 Å². The van der Waals surface area contributed by atoms with Gasteiger partial charge in [-0.2, -0.15) is 0 Å². The van der Waals surface area contributed by atoms with E-state index in [2.05, 4.69) is 15.0 Å². The number of para-hydroxylation sites is 1. The van der Waals surface area contributed by atoms with E-state index in [9.17, 15) is 13.2 Å². The molecule has 0 aliphatic rings. The van der Waals surface area contributed by atoms with Gasteiger partial charge in [0.15, 0.2) is 5.13 Å². The summed E-state index contributed by atoms with van der Waals surface area (Å²) in [7, 11) is -3.69. The lowest BCUT2D eigenvalue weighted by molar-refractivity contribution is 0.102. The first-order valence-electron chi connectivity index (χ1n) is 8.47. The molecule has 1 heterocycles. The monoisotopic (exact) mass is 443 g/mol. The normalized spacial score (nSPS) is 11.3. The maximum Gasteiger partial charge on any atom is 0.261 e. The van der Waals surface area contributed by atoms with Gasteiger partial charge in [0.2, 0.25) is 0 Å². The van der Waals surface area contributed by atoms with Crippen LogP contribution in [0.3, 0.4) is 0 Å². The van der Waals surface area contributed by atoms with Crippen LogP contribution in [-0.2, 0) is 10.0 Å². The molecule has 0 spiro atoms. The molecule has 9 heteroatoms. The van der Waals surface area contributed by atoms with E-state index in [4.69, 9.17) is 11.6 Å². The third kappa shape index (κ3) is 4.24. The fraction of sp³-hybridized carbons (Fsp3) is 0. The van der Waals surface area contributed by atoms with Gasteiger partial charge >= 0.3 is 0 Å². The van der Waals surface area contributed by atoms with Gasteiger partial charge in [-0.25, -0.2) is 13.4 Å². The van der Waals surface area contributed by atoms with Crippen LogP contribution in [0, 0.1) is 0 Å². The van der Waals surface area contributed by atoms with Crippen LogP contribution in [0.5, 0.6) is 0 Å². The van der Waals surface area contributed by atoms with Crippen molar-refractivity contribution in [3.05, 3.63) is 83.4 Å². The zero-order valence-corrected chi connectivity index (χ0v) is 17.2. The van der Waals surface area contributed by atoms with Gasteiger partial charge in [-0.05, 0) is 48.5 Å². The Morgan fingerprint density at radius 2 is 1.66 bits per heavy atom. The minimum Gasteiger partial charge on any atom is -0.298 e.